The zero-order chi connectivity index (χ0) is 13.8. The molecule has 0 aliphatic rings. The smallest absolute Gasteiger partial charge is 0.411 e. The van der Waals surface area contributed by atoms with Crippen molar-refractivity contribution < 1.29 is 9.53 Å². The topological polar surface area (TPSA) is 64.1 Å². The van der Waals surface area contributed by atoms with E-state index in [-0.39, 0.29) is 6.10 Å². The van der Waals surface area contributed by atoms with E-state index in [1.165, 1.54) is 11.3 Å². The molecule has 100 valence electrons. The molecule has 0 bridgehead atoms. The Morgan fingerprint density at radius 2 is 2.21 bits per heavy atom. The standard InChI is InChI=1S/C13H15N3O2S/c1-8(2)18-13(17)16-10-6-9(3)11(15-7-10)12-14-4-5-19-12/h4-8H,1-3H3,(H,16,17). The lowest BCUT2D eigenvalue weighted by atomic mass is 10.2. The van der Waals surface area contributed by atoms with Crippen molar-refractivity contribution in [2.24, 2.45) is 0 Å². The quantitative estimate of drug-likeness (QED) is 0.933. The molecule has 1 N–H and O–H groups in total. The molecular weight excluding hydrogens is 262 g/mol. The highest BCUT2D eigenvalue weighted by Gasteiger charge is 2.10. The van der Waals surface area contributed by atoms with Gasteiger partial charge in [0, 0.05) is 11.6 Å². The molecule has 2 aromatic rings. The van der Waals surface area contributed by atoms with Crippen LogP contribution in [-0.2, 0) is 4.74 Å². The number of amides is 1. The van der Waals surface area contributed by atoms with Crippen LogP contribution in [-0.4, -0.2) is 22.2 Å². The number of carbonyl (C=O) groups is 1. The van der Waals surface area contributed by atoms with Gasteiger partial charge in [-0.1, -0.05) is 0 Å². The number of nitrogens with one attached hydrogen (secondary N) is 1. The highest BCUT2D eigenvalue weighted by molar-refractivity contribution is 7.13. The highest BCUT2D eigenvalue weighted by Crippen LogP contribution is 2.24. The third-order valence-corrected chi connectivity index (χ3v) is 3.08. The van der Waals surface area contributed by atoms with Gasteiger partial charge in [0.15, 0.2) is 0 Å². The normalized spacial score (nSPS) is 10.5. The van der Waals surface area contributed by atoms with Crippen molar-refractivity contribution in [2.45, 2.75) is 26.9 Å². The van der Waals surface area contributed by atoms with E-state index in [9.17, 15) is 4.79 Å². The van der Waals surface area contributed by atoms with Crippen molar-refractivity contribution in [3.05, 3.63) is 29.4 Å². The molecule has 0 fully saturated rings. The molecule has 0 aromatic carbocycles. The molecule has 2 aromatic heterocycles. The first-order valence-corrected chi connectivity index (χ1v) is 6.78. The average Bonchev–Trinajstić information content (AvgIpc) is 2.81. The third kappa shape index (κ3) is 3.51. The Balaban J connectivity index is 2.13. The largest absolute Gasteiger partial charge is 0.447 e. The van der Waals surface area contributed by atoms with Crippen LogP contribution >= 0.6 is 11.3 Å². The molecule has 2 heterocycles. The predicted molar refractivity (Wildman–Crippen MR) is 75.3 cm³/mol. The van der Waals surface area contributed by atoms with E-state index in [2.05, 4.69) is 15.3 Å². The Bertz CT molecular complexity index is 567. The van der Waals surface area contributed by atoms with Crippen molar-refractivity contribution in [2.75, 3.05) is 5.32 Å². The van der Waals surface area contributed by atoms with Crippen LogP contribution in [0.3, 0.4) is 0 Å². The summed E-state index contributed by atoms with van der Waals surface area (Å²) in [6, 6.07) is 1.85. The monoisotopic (exact) mass is 277 g/mol. The maximum atomic E-state index is 11.5. The molecule has 0 unspecified atom stereocenters. The fraction of sp³-hybridized carbons (Fsp3) is 0.308. The molecule has 0 spiro atoms. The van der Waals surface area contributed by atoms with Gasteiger partial charge in [-0.15, -0.1) is 11.3 Å². The zero-order valence-electron chi connectivity index (χ0n) is 11.0. The van der Waals surface area contributed by atoms with E-state index in [0.29, 0.717) is 5.69 Å². The Morgan fingerprint density at radius 3 is 2.79 bits per heavy atom. The lowest BCUT2D eigenvalue weighted by Crippen LogP contribution is -2.18. The van der Waals surface area contributed by atoms with Gasteiger partial charge in [0.1, 0.15) is 10.7 Å². The van der Waals surface area contributed by atoms with Crippen LogP contribution in [0.2, 0.25) is 0 Å². The number of aromatic nitrogens is 2. The van der Waals surface area contributed by atoms with Crippen LogP contribution in [0.5, 0.6) is 0 Å². The van der Waals surface area contributed by atoms with Gasteiger partial charge in [-0.3, -0.25) is 10.3 Å². The van der Waals surface area contributed by atoms with Gasteiger partial charge < -0.3 is 4.74 Å². The van der Waals surface area contributed by atoms with Crippen molar-refractivity contribution in [3.63, 3.8) is 0 Å². The van der Waals surface area contributed by atoms with Gasteiger partial charge in [0.2, 0.25) is 0 Å². The molecule has 0 aliphatic carbocycles. The fourth-order valence-electron chi connectivity index (χ4n) is 1.57. The number of nitrogens with zero attached hydrogens (tertiary/aromatic N) is 2. The zero-order valence-corrected chi connectivity index (χ0v) is 11.8. The summed E-state index contributed by atoms with van der Waals surface area (Å²) < 4.78 is 5.01. The average molecular weight is 277 g/mol. The lowest BCUT2D eigenvalue weighted by molar-refractivity contribution is 0.130. The van der Waals surface area contributed by atoms with Crippen molar-refractivity contribution in [1.29, 1.82) is 0 Å². The number of ether oxygens (including phenoxy) is 1. The van der Waals surface area contributed by atoms with Crippen LogP contribution in [0.15, 0.2) is 23.8 Å². The van der Waals surface area contributed by atoms with Crippen molar-refractivity contribution >= 4 is 23.1 Å². The van der Waals surface area contributed by atoms with E-state index < -0.39 is 6.09 Å². The predicted octanol–water partition coefficient (Wildman–Crippen LogP) is 3.47. The minimum Gasteiger partial charge on any atom is -0.447 e. The number of aryl methyl sites for hydroxylation is 1. The van der Waals surface area contributed by atoms with Gasteiger partial charge in [-0.2, -0.15) is 0 Å². The molecule has 5 nitrogen and oxygen atoms in total. The van der Waals surface area contributed by atoms with E-state index in [0.717, 1.165) is 16.3 Å². The van der Waals surface area contributed by atoms with Crippen LogP contribution in [0.25, 0.3) is 10.7 Å². The second-order valence-corrected chi connectivity index (χ2v) is 5.20. The molecule has 0 saturated heterocycles. The molecule has 0 aliphatic heterocycles. The van der Waals surface area contributed by atoms with Crippen molar-refractivity contribution in [1.82, 2.24) is 9.97 Å². The first kappa shape index (κ1) is 13.5. The molecule has 2 rings (SSSR count). The number of rotatable bonds is 3. The van der Waals surface area contributed by atoms with Gasteiger partial charge in [-0.25, -0.2) is 9.78 Å². The number of pyridine rings is 1. The summed E-state index contributed by atoms with van der Waals surface area (Å²) in [5.41, 5.74) is 2.40. The summed E-state index contributed by atoms with van der Waals surface area (Å²) in [7, 11) is 0. The second-order valence-electron chi connectivity index (χ2n) is 4.31. The van der Waals surface area contributed by atoms with Gasteiger partial charge in [-0.05, 0) is 32.4 Å². The minimum absolute atomic E-state index is 0.149. The first-order chi connectivity index (χ1) is 9.06. The summed E-state index contributed by atoms with van der Waals surface area (Å²) >= 11 is 1.53. The lowest BCUT2D eigenvalue weighted by Gasteiger charge is -2.10. The fourth-order valence-corrected chi connectivity index (χ4v) is 2.27. The number of hydrogen-bond acceptors (Lipinski definition) is 5. The molecule has 0 saturated carbocycles. The van der Waals surface area contributed by atoms with Crippen LogP contribution in [0, 0.1) is 6.92 Å². The van der Waals surface area contributed by atoms with E-state index in [1.54, 1.807) is 26.2 Å². The molecule has 1 amide bonds. The first-order valence-electron chi connectivity index (χ1n) is 5.90. The van der Waals surface area contributed by atoms with E-state index in [4.69, 9.17) is 4.74 Å². The molecule has 0 radical (unpaired) electrons. The number of hydrogen-bond donors (Lipinski definition) is 1. The van der Waals surface area contributed by atoms with Crippen LogP contribution < -0.4 is 5.32 Å². The summed E-state index contributed by atoms with van der Waals surface area (Å²) in [5, 5.41) is 5.42. The second kappa shape index (κ2) is 5.79. The number of thiazole rings is 1. The summed E-state index contributed by atoms with van der Waals surface area (Å²) in [6.07, 6.45) is 2.72. The van der Waals surface area contributed by atoms with Gasteiger partial charge >= 0.3 is 6.09 Å². The van der Waals surface area contributed by atoms with Crippen LogP contribution in [0.1, 0.15) is 19.4 Å². The van der Waals surface area contributed by atoms with Crippen LogP contribution in [0.4, 0.5) is 10.5 Å². The Labute approximate surface area is 115 Å². The molecule has 19 heavy (non-hydrogen) atoms. The van der Waals surface area contributed by atoms with E-state index in [1.807, 2.05) is 18.4 Å². The summed E-state index contributed by atoms with van der Waals surface area (Å²) in [6.45, 7) is 5.53. The molecule has 6 heteroatoms. The summed E-state index contributed by atoms with van der Waals surface area (Å²) in [4.78, 5) is 20.0. The minimum atomic E-state index is -0.474. The maximum absolute atomic E-state index is 11.5. The Kier molecular flexibility index (Phi) is 4.11. The molecule has 0 atom stereocenters. The third-order valence-electron chi connectivity index (χ3n) is 2.30. The SMILES string of the molecule is Cc1cc(NC(=O)OC(C)C)cnc1-c1nccs1. The van der Waals surface area contributed by atoms with Gasteiger partial charge in [0.25, 0.3) is 0 Å². The van der Waals surface area contributed by atoms with E-state index >= 15 is 0 Å². The number of anilines is 1. The summed E-state index contributed by atoms with van der Waals surface area (Å²) in [5.74, 6) is 0. The number of carbonyl (C=O) groups excluding carboxylic acids is 1. The highest BCUT2D eigenvalue weighted by atomic mass is 32.1. The van der Waals surface area contributed by atoms with Crippen molar-refractivity contribution in [3.8, 4) is 10.7 Å². The molecular formula is C13H15N3O2S. The van der Waals surface area contributed by atoms with Gasteiger partial charge in [0.05, 0.1) is 18.0 Å². The maximum Gasteiger partial charge on any atom is 0.411 e. The Morgan fingerprint density at radius 1 is 1.42 bits per heavy atom. The Hall–Kier alpha value is -1.95.